The van der Waals surface area contributed by atoms with Crippen LogP contribution in [0.15, 0.2) is 52.8 Å². The third-order valence-electron chi connectivity index (χ3n) is 5.95. The zero-order valence-corrected chi connectivity index (χ0v) is 24.9. The minimum atomic E-state index is -1.13. The van der Waals surface area contributed by atoms with Crippen LogP contribution in [0.4, 0.5) is 4.79 Å². The van der Waals surface area contributed by atoms with E-state index in [1.54, 1.807) is 31.3 Å². The zero-order valence-electron chi connectivity index (χ0n) is 24.9. The Morgan fingerprint density at radius 3 is 2.29 bits per heavy atom. The number of hydrazone groups is 1. The van der Waals surface area contributed by atoms with Gasteiger partial charge in [0.25, 0.3) is 0 Å². The predicted molar refractivity (Wildman–Crippen MR) is 157 cm³/mol. The fourth-order valence-electron chi connectivity index (χ4n) is 4.07. The molecule has 0 saturated carbocycles. The molecule has 42 heavy (non-hydrogen) atoms. The molecule has 0 aliphatic carbocycles. The Kier molecular flexibility index (Phi) is 11.9. The number of nitrogens with one attached hydrogen (secondary N) is 3. The van der Waals surface area contributed by atoms with Crippen molar-refractivity contribution in [2.75, 3.05) is 33.5 Å². The smallest absolute Gasteiger partial charge is 0.337 e. The SMILES string of the molecule is CCOc1cc(/C=N\N[C@H](O)COc2ccc([C@@H]3NC(=O)NC(C)=C3C(=O)OC)cc2OCC)ccc1OCC(C)C. The molecule has 1 heterocycles. The Balaban J connectivity index is 1.66. The molecule has 12 nitrogen and oxygen atoms in total. The van der Waals surface area contributed by atoms with Crippen LogP contribution in [0, 0.1) is 5.92 Å². The van der Waals surface area contributed by atoms with Gasteiger partial charge in [0.1, 0.15) is 6.61 Å². The number of benzene rings is 2. The van der Waals surface area contributed by atoms with E-state index in [1.165, 1.54) is 7.11 Å². The Bertz CT molecular complexity index is 1290. The summed E-state index contributed by atoms with van der Waals surface area (Å²) in [7, 11) is 1.28. The van der Waals surface area contributed by atoms with Gasteiger partial charge in [0.2, 0.25) is 0 Å². The summed E-state index contributed by atoms with van der Waals surface area (Å²) in [6.45, 7) is 10.8. The van der Waals surface area contributed by atoms with Crippen molar-refractivity contribution in [2.24, 2.45) is 11.0 Å². The van der Waals surface area contributed by atoms with Crippen LogP contribution in [0.2, 0.25) is 0 Å². The van der Waals surface area contributed by atoms with Gasteiger partial charge in [-0.15, -0.1) is 0 Å². The van der Waals surface area contributed by atoms with Gasteiger partial charge in [0.15, 0.2) is 29.2 Å². The number of methoxy groups -OCH3 is 1. The van der Waals surface area contributed by atoms with Crippen molar-refractivity contribution in [3.05, 3.63) is 58.8 Å². The van der Waals surface area contributed by atoms with Gasteiger partial charge in [0.05, 0.1) is 44.8 Å². The monoisotopic (exact) mass is 584 g/mol. The minimum Gasteiger partial charge on any atom is -0.490 e. The second-order valence-corrected chi connectivity index (χ2v) is 9.76. The number of carbonyl (C=O) groups excluding carboxylic acids is 2. The summed E-state index contributed by atoms with van der Waals surface area (Å²) < 4.78 is 28.0. The maximum absolute atomic E-state index is 12.4. The maximum atomic E-state index is 12.4. The van der Waals surface area contributed by atoms with Crippen LogP contribution >= 0.6 is 0 Å². The van der Waals surface area contributed by atoms with Gasteiger partial charge in [-0.2, -0.15) is 5.10 Å². The number of amides is 2. The van der Waals surface area contributed by atoms with Crippen molar-refractivity contribution >= 4 is 18.2 Å². The lowest BCUT2D eigenvalue weighted by molar-refractivity contribution is -0.136. The highest BCUT2D eigenvalue weighted by Gasteiger charge is 2.32. The van der Waals surface area contributed by atoms with E-state index in [0.29, 0.717) is 60.0 Å². The predicted octanol–water partition coefficient (Wildman–Crippen LogP) is 3.64. The van der Waals surface area contributed by atoms with Gasteiger partial charge in [-0.1, -0.05) is 19.9 Å². The number of nitrogens with zero attached hydrogens (tertiary/aromatic N) is 1. The summed E-state index contributed by atoms with van der Waals surface area (Å²) in [6.07, 6.45) is 0.427. The largest absolute Gasteiger partial charge is 0.490 e. The van der Waals surface area contributed by atoms with Gasteiger partial charge in [-0.25, -0.2) is 9.59 Å². The van der Waals surface area contributed by atoms with Crippen molar-refractivity contribution in [2.45, 2.75) is 46.9 Å². The summed E-state index contributed by atoms with van der Waals surface area (Å²) in [4.78, 5) is 24.6. The number of urea groups is 1. The summed E-state index contributed by atoms with van der Waals surface area (Å²) in [6, 6.07) is 9.31. The van der Waals surface area contributed by atoms with E-state index in [1.807, 2.05) is 32.0 Å². The Labute approximate surface area is 246 Å². The zero-order chi connectivity index (χ0) is 30.6. The molecular formula is C30H40N4O8. The second-order valence-electron chi connectivity index (χ2n) is 9.76. The number of hydrogen-bond acceptors (Lipinski definition) is 10. The van der Waals surface area contributed by atoms with Crippen molar-refractivity contribution in [3.8, 4) is 23.0 Å². The van der Waals surface area contributed by atoms with E-state index in [4.69, 9.17) is 23.7 Å². The topological polar surface area (TPSA) is 149 Å². The van der Waals surface area contributed by atoms with Gasteiger partial charge < -0.3 is 39.4 Å². The number of rotatable bonds is 15. The third kappa shape index (κ3) is 8.77. The van der Waals surface area contributed by atoms with Crippen molar-refractivity contribution < 1.29 is 38.4 Å². The van der Waals surface area contributed by atoms with Crippen molar-refractivity contribution in [1.29, 1.82) is 0 Å². The van der Waals surface area contributed by atoms with Gasteiger partial charge in [-0.3, -0.25) is 5.43 Å². The summed E-state index contributed by atoms with van der Waals surface area (Å²) >= 11 is 0. The molecule has 12 heteroatoms. The van der Waals surface area contributed by atoms with Crippen LogP contribution in [-0.4, -0.2) is 63.1 Å². The number of esters is 1. The van der Waals surface area contributed by atoms with Crippen LogP contribution in [0.5, 0.6) is 23.0 Å². The fraction of sp³-hybridized carbons (Fsp3) is 0.433. The van der Waals surface area contributed by atoms with E-state index < -0.39 is 24.3 Å². The molecule has 0 bridgehead atoms. The normalized spacial score (nSPS) is 15.6. The van der Waals surface area contributed by atoms with Crippen LogP contribution in [0.1, 0.15) is 51.8 Å². The average molecular weight is 585 g/mol. The maximum Gasteiger partial charge on any atom is 0.337 e. The molecule has 1 aliphatic heterocycles. The molecule has 1 aliphatic rings. The number of allylic oxidation sites excluding steroid dienone is 1. The van der Waals surface area contributed by atoms with Crippen molar-refractivity contribution in [1.82, 2.24) is 16.1 Å². The lowest BCUT2D eigenvalue weighted by Crippen LogP contribution is -2.45. The molecule has 0 aromatic heterocycles. The number of hydrogen-bond donors (Lipinski definition) is 4. The molecule has 4 N–H and O–H groups in total. The molecule has 2 aromatic rings. The molecule has 0 fully saturated rings. The van der Waals surface area contributed by atoms with Gasteiger partial charge in [0, 0.05) is 5.70 Å². The average Bonchev–Trinajstić information content (AvgIpc) is 2.95. The van der Waals surface area contributed by atoms with E-state index in [9.17, 15) is 14.7 Å². The molecule has 228 valence electrons. The second kappa shape index (κ2) is 15.5. The van der Waals surface area contributed by atoms with Crippen LogP contribution < -0.4 is 35.0 Å². The Hall–Kier alpha value is -4.45. The van der Waals surface area contributed by atoms with Crippen LogP contribution in [0.25, 0.3) is 0 Å². The molecule has 0 spiro atoms. The number of aliphatic hydroxyl groups is 1. The van der Waals surface area contributed by atoms with Crippen LogP contribution in [0.3, 0.4) is 0 Å². The Morgan fingerprint density at radius 1 is 1.00 bits per heavy atom. The summed E-state index contributed by atoms with van der Waals surface area (Å²) in [5.41, 5.74) is 4.65. The van der Waals surface area contributed by atoms with Gasteiger partial charge >= 0.3 is 12.0 Å². The Morgan fingerprint density at radius 2 is 1.64 bits per heavy atom. The number of ether oxygens (including phenoxy) is 5. The molecule has 3 rings (SSSR count). The van der Waals surface area contributed by atoms with E-state index in [0.717, 1.165) is 5.56 Å². The first-order valence-corrected chi connectivity index (χ1v) is 13.8. The minimum absolute atomic E-state index is 0.139. The van der Waals surface area contributed by atoms with Gasteiger partial charge in [-0.05, 0) is 68.1 Å². The third-order valence-corrected chi connectivity index (χ3v) is 5.95. The van der Waals surface area contributed by atoms with Crippen LogP contribution in [-0.2, 0) is 9.53 Å². The lowest BCUT2D eigenvalue weighted by atomic mass is 9.95. The molecule has 0 unspecified atom stereocenters. The van der Waals surface area contributed by atoms with E-state index >= 15 is 0 Å². The molecule has 2 aromatic carbocycles. The first-order chi connectivity index (χ1) is 20.2. The summed E-state index contributed by atoms with van der Waals surface area (Å²) in [5, 5.41) is 19.9. The van der Waals surface area contributed by atoms with Crippen molar-refractivity contribution in [3.63, 3.8) is 0 Å². The van der Waals surface area contributed by atoms with E-state index in [-0.39, 0.29) is 12.2 Å². The molecular weight excluding hydrogens is 544 g/mol. The number of carbonyl (C=O) groups is 2. The summed E-state index contributed by atoms with van der Waals surface area (Å²) in [5.74, 6) is 1.84. The standard InChI is InChI=1S/C30H40N4O8/c1-7-39-24-13-20(9-11-22(24)41-16-18(3)4)15-31-34-26(35)17-42-23-12-10-21(14-25(23)40-8-2)28-27(29(36)38-6)19(5)32-30(37)33-28/h9-15,18,26,28,34-35H,7-8,16-17H2,1-6H3,(H2,32,33,37)/b31-15-/t26-,28+/m1/s1. The quantitative estimate of drug-likeness (QED) is 0.107. The fourth-order valence-corrected chi connectivity index (χ4v) is 4.07. The molecule has 0 radical (unpaired) electrons. The lowest BCUT2D eigenvalue weighted by Gasteiger charge is -2.28. The number of aliphatic hydroxyl groups excluding tert-OH is 1. The molecule has 2 atom stereocenters. The van der Waals surface area contributed by atoms with E-state index in [2.05, 4.69) is 35.0 Å². The highest BCUT2D eigenvalue weighted by Crippen LogP contribution is 2.35. The highest BCUT2D eigenvalue weighted by molar-refractivity contribution is 5.95. The molecule has 0 saturated heterocycles. The highest BCUT2D eigenvalue weighted by atomic mass is 16.5. The first-order valence-electron chi connectivity index (χ1n) is 13.8. The molecule has 2 amide bonds. The first kappa shape index (κ1) is 32.1.